The minimum Gasteiger partial charge on any atom is -0.0985 e. The summed E-state index contributed by atoms with van der Waals surface area (Å²) in [6.07, 6.45) is 3.92. The van der Waals surface area contributed by atoms with E-state index in [4.69, 9.17) is 0 Å². The molecule has 0 bridgehead atoms. The number of rotatable bonds is 0. The lowest BCUT2D eigenvalue weighted by Gasteiger charge is -2.14. The van der Waals surface area contributed by atoms with E-state index in [1.54, 1.807) is 0 Å². The van der Waals surface area contributed by atoms with Gasteiger partial charge in [0.15, 0.2) is 0 Å². The molecule has 0 saturated heterocycles. The molecule has 0 spiro atoms. The van der Waals surface area contributed by atoms with Gasteiger partial charge in [-0.2, -0.15) is 0 Å². The van der Waals surface area contributed by atoms with Crippen LogP contribution in [0.25, 0.3) is 0 Å². The molecule has 0 nitrogen and oxygen atoms in total. The van der Waals surface area contributed by atoms with Gasteiger partial charge in [0.1, 0.15) is 0 Å². The Morgan fingerprint density at radius 1 is 1.75 bits per heavy atom. The van der Waals surface area contributed by atoms with Crippen molar-refractivity contribution in [3.05, 3.63) is 12.2 Å². The first-order valence-corrected chi connectivity index (χ1v) is 4.08. The monoisotopic (exact) mass is 222 g/mol. The summed E-state index contributed by atoms with van der Waals surface area (Å²) >= 11 is 2.49. The van der Waals surface area contributed by atoms with Gasteiger partial charge in [-0.15, -0.1) is 0 Å². The summed E-state index contributed by atoms with van der Waals surface area (Å²) in [4.78, 5) is 0. The van der Waals surface area contributed by atoms with Gasteiger partial charge in [0.05, 0.1) is 0 Å². The summed E-state index contributed by atoms with van der Waals surface area (Å²) in [5.41, 5.74) is 1.43. The van der Waals surface area contributed by atoms with Crippen molar-refractivity contribution < 1.29 is 0 Å². The fourth-order valence-electron chi connectivity index (χ4n) is 1.07. The molecule has 0 N–H and O–H groups in total. The first-order valence-electron chi connectivity index (χ1n) is 3.00. The second-order valence-corrected chi connectivity index (χ2v) is 5.04. The lowest BCUT2D eigenvalue weighted by molar-refractivity contribution is 0.780. The Kier molecular flexibility index (Phi) is 1.66. The molecule has 1 fully saturated rings. The van der Waals surface area contributed by atoms with E-state index in [2.05, 4.69) is 36.1 Å². The molecule has 1 unspecified atom stereocenters. The van der Waals surface area contributed by atoms with Crippen molar-refractivity contribution in [2.45, 2.75) is 29.6 Å². The molecule has 1 aliphatic carbocycles. The Bertz CT molecular complexity index is 114. The molecule has 0 aromatic heterocycles. The zero-order chi connectivity index (χ0) is 6.20. The average Bonchev–Trinajstić information content (AvgIpc) is 1.86. The Labute approximate surface area is 64.5 Å². The summed E-state index contributed by atoms with van der Waals surface area (Å²) in [5.74, 6) is 0. The SMILES string of the molecule is C=C1CCCC1(C)I. The van der Waals surface area contributed by atoms with E-state index in [0.717, 1.165) is 0 Å². The Hall–Kier alpha value is 0.470. The lowest BCUT2D eigenvalue weighted by Crippen LogP contribution is -2.09. The summed E-state index contributed by atoms with van der Waals surface area (Å²) in [6, 6.07) is 0. The van der Waals surface area contributed by atoms with Crippen LogP contribution in [-0.2, 0) is 0 Å². The van der Waals surface area contributed by atoms with Crippen molar-refractivity contribution in [1.29, 1.82) is 0 Å². The molecule has 1 heteroatoms. The maximum Gasteiger partial charge on any atom is 0.0399 e. The van der Waals surface area contributed by atoms with Crippen LogP contribution in [0.1, 0.15) is 26.2 Å². The van der Waals surface area contributed by atoms with Gasteiger partial charge >= 0.3 is 0 Å². The van der Waals surface area contributed by atoms with Crippen molar-refractivity contribution in [2.75, 3.05) is 0 Å². The highest BCUT2D eigenvalue weighted by Gasteiger charge is 2.28. The zero-order valence-corrected chi connectivity index (χ0v) is 7.36. The third kappa shape index (κ3) is 1.07. The molecular weight excluding hydrogens is 211 g/mol. The van der Waals surface area contributed by atoms with Gasteiger partial charge in [0, 0.05) is 3.42 Å². The van der Waals surface area contributed by atoms with Gasteiger partial charge in [-0.3, -0.25) is 0 Å². The third-order valence-corrected chi connectivity index (χ3v) is 3.16. The molecule has 0 aliphatic heterocycles. The first kappa shape index (κ1) is 6.59. The minimum absolute atomic E-state index is 0.428. The fraction of sp³-hybridized carbons (Fsp3) is 0.714. The molecule has 1 saturated carbocycles. The highest BCUT2D eigenvalue weighted by Crippen LogP contribution is 2.40. The third-order valence-electron chi connectivity index (χ3n) is 1.86. The molecule has 46 valence electrons. The highest BCUT2D eigenvalue weighted by molar-refractivity contribution is 14.1. The lowest BCUT2D eigenvalue weighted by atomic mass is 10.1. The van der Waals surface area contributed by atoms with Gasteiger partial charge in [-0.25, -0.2) is 0 Å². The quantitative estimate of drug-likeness (QED) is 0.336. The van der Waals surface area contributed by atoms with Crippen LogP contribution in [0.2, 0.25) is 0 Å². The van der Waals surface area contributed by atoms with E-state index < -0.39 is 0 Å². The standard InChI is InChI=1S/C7H11I/c1-6-4-3-5-7(6,2)8/h1,3-5H2,2H3. The van der Waals surface area contributed by atoms with E-state index in [9.17, 15) is 0 Å². The van der Waals surface area contributed by atoms with Gasteiger partial charge in [0.25, 0.3) is 0 Å². The highest BCUT2D eigenvalue weighted by atomic mass is 127. The van der Waals surface area contributed by atoms with Gasteiger partial charge < -0.3 is 0 Å². The fourth-order valence-corrected chi connectivity index (χ4v) is 1.72. The summed E-state index contributed by atoms with van der Waals surface area (Å²) in [6.45, 7) is 6.27. The molecule has 0 aromatic rings. The van der Waals surface area contributed by atoms with Crippen molar-refractivity contribution in [1.82, 2.24) is 0 Å². The molecule has 0 amide bonds. The minimum atomic E-state index is 0.428. The van der Waals surface area contributed by atoms with E-state index in [-0.39, 0.29) is 0 Å². The van der Waals surface area contributed by atoms with E-state index in [1.165, 1.54) is 24.8 Å². The van der Waals surface area contributed by atoms with E-state index >= 15 is 0 Å². The summed E-state index contributed by atoms with van der Waals surface area (Å²) in [7, 11) is 0. The smallest absolute Gasteiger partial charge is 0.0399 e. The van der Waals surface area contributed by atoms with Crippen molar-refractivity contribution in [3.63, 3.8) is 0 Å². The maximum atomic E-state index is 4.00. The topological polar surface area (TPSA) is 0 Å². The number of hydrogen-bond acceptors (Lipinski definition) is 0. The second kappa shape index (κ2) is 2.01. The molecule has 8 heavy (non-hydrogen) atoms. The summed E-state index contributed by atoms with van der Waals surface area (Å²) in [5, 5.41) is 0. The predicted molar refractivity (Wildman–Crippen MR) is 45.4 cm³/mol. The van der Waals surface area contributed by atoms with Crippen LogP contribution in [-0.4, -0.2) is 3.42 Å². The van der Waals surface area contributed by atoms with E-state index in [1.807, 2.05) is 0 Å². The average molecular weight is 222 g/mol. The predicted octanol–water partition coefficient (Wildman–Crippen LogP) is 2.92. The Morgan fingerprint density at radius 2 is 2.38 bits per heavy atom. The number of halogens is 1. The van der Waals surface area contributed by atoms with Crippen molar-refractivity contribution >= 4 is 22.6 Å². The molecule has 0 aromatic carbocycles. The van der Waals surface area contributed by atoms with Gasteiger partial charge in [-0.05, 0) is 26.2 Å². The van der Waals surface area contributed by atoms with Crippen LogP contribution in [0.4, 0.5) is 0 Å². The Morgan fingerprint density at radius 3 is 2.50 bits per heavy atom. The molecule has 1 aliphatic rings. The largest absolute Gasteiger partial charge is 0.0985 e. The second-order valence-electron chi connectivity index (χ2n) is 2.65. The van der Waals surface area contributed by atoms with Crippen LogP contribution in [0, 0.1) is 0 Å². The van der Waals surface area contributed by atoms with Crippen LogP contribution in [0.3, 0.4) is 0 Å². The van der Waals surface area contributed by atoms with E-state index in [0.29, 0.717) is 3.42 Å². The number of hydrogen-bond donors (Lipinski definition) is 0. The van der Waals surface area contributed by atoms with Crippen LogP contribution < -0.4 is 0 Å². The van der Waals surface area contributed by atoms with Crippen molar-refractivity contribution in [3.8, 4) is 0 Å². The number of alkyl halides is 1. The van der Waals surface area contributed by atoms with Crippen molar-refractivity contribution in [2.24, 2.45) is 0 Å². The van der Waals surface area contributed by atoms with Crippen LogP contribution >= 0.6 is 22.6 Å². The maximum absolute atomic E-state index is 4.00. The van der Waals surface area contributed by atoms with Crippen LogP contribution in [0.5, 0.6) is 0 Å². The van der Waals surface area contributed by atoms with Gasteiger partial charge in [-0.1, -0.05) is 34.7 Å². The molecule has 0 radical (unpaired) electrons. The number of allylic oxidation sites excluding steroid dienone is 1. The van der Waals surface area contributed by atoms with Gasteiger partial charge in [0.2, 0.25) is 0 Å². The normalized spacial score (nSPS) is 38.5. The molecule has 1 atom stereocenters. The molecule has 0 heterocycles. The Balaban J connectivity index is 2.68. The molecular formula is C7H11I. The van der Waals surface area contributed by atoms with Crippen LogP contribution in [0.15, 0.2) is 12.2 Å². The summed E-state index contributed by atoms with van der Waals surface area (Å²) < 4.78 is 0.428. The molecule has 1 rings (SSSR count). The zero-order valence-electron chi connectivity index (χ0n) is 5.21. The first-order chi connectivity index (χ1) is 3.63.